The Morgan fingerprint density at radius 1 is 1.19 bits per heavy atom. The first kappa shape index (κ1) is 13.6. The molecule has 3 aromatic rings. The summed E-state index contributed by atoms with van der Waals surface area (Å²) < 4.78 is 11.7. The van der Waals surface area contributed by atoms with Crippen LogP contribution in [0.2, 0.25) is 0 Å². The number of thiazole rings is 1. The molecule has 4 nitrogen and oxygen atoms in total. The summed E-state index contributed by atoms with van der Waals surface area (Å²) in [6, 6.07) is 12.7. The number of benzene rings is 2. The molecule has 2 aromatic carbocycles. The number of fused-ring (bicyclic) bond motifs is 1. The minimum absolute atomic E-state index is 0.398. The molecule has 21 heavy (non-hydrogen) atoms. The molecule has 106 valence electrons. The van der Waals surface area contributed by atoms with Crippen LogP contribution in [0.4, 0.5) is 0 Å². The van der Waals surface area contributed by atoms with E-state index in [2.05, 4.69) is 4.98 Å². The fourth-order valence-electron chi connectivity index (χ4n) is 2.05. The number of nitrogens with zero attached hydrogens (tertiary/aromatic N) is 1. The second-order valence-electron chi connectivity index (χ2n) is 4.45. The Morgan fingerprint density at radius 2 is 2.00 bits per heavy atom. The maximum Gasteiger partial charge on any atom is 0.341 e. The third-order valence-electron chi connectivity index (χ3n) is 2.99. The van der Waals surface area contributed by atoms with Crippen molar-refractivity contribution in [1.29, 1.82) is 0 Å². The van der Waals surface area contributed by atoms with E-state index in [1.165, 1.54) is 7.11 Å². The van der Waals surface area contributed by atoms with Crippen molar-refractivity contribution in [2.24, 2.45) is 0 Å². The van der Waals surface area contributed by atoms with Gasteiger partial charge < -0.3 is 9.47 Å². The van der Waals surface area contributed by atoms with E-state index in [9.17, 15) is 4.79 Å². The molecular weight excluding hydrogens is 286 g/mol. The quantitative estimate of drug-likeness (QED) is 0.681. The van der Waals surface area contributed by atoms with Crippen molar-refractivity contribution in [1.82, 2.24) is 4.98 Å². The normalized spacial score (nSPS) is 10.6. The van der Waals surface area contributed by atoms with Crippen LogP contribution >= 0.6 is 11.3 Å². The number of carbonyl (C=O) groups excluding carboxylic acids is 1. The zero-order valence-electron chi connectivity index (χ0n) is 11.6. The van der Waals surface area contributed by atoms with Crippen LogP contribution in [-0.2, 0) is 4.74 Å². The van der Waals surface area contributed by atoms with Gasteiger partial charge in [0.2, 0.25) is 0 Å². The molecule has 0 saturated carbocycles. The predicted molar refractivity (Wildman–Crippen MR) is 82.2 cm³/mol. The summed E-state index contributed by atoms with van der Waals surface area (Å²) in [5, 5.41) is 1.01. The summed E-state index contributed by atoms with van der Waals surface area (Å²) >= 11 is 1.64. The van der Waals surface area contributed by atoms with E-state index in [0.29, 0.717) is 17.1 Å². The van der Waals surface area contributed by atoms with Crippen LogP contribution < -0.4 is 4.74 Å². The number of aryl methyl sites for hydroxylation is 1. The largest absolute Gasteiger partial charge is 0.465 e. The van der Waals surface area contributed by atoms with Crippen LogP contribution in [0.3, 0.4) is 0 Å². The van der Waals surface area contributed by atoms with Gasteiger partial charge in [-0.1, -0.05) is 12.1 Å². The lowest BCUT2D eigenvalue weighted by Gasteiger charge is -2.09. The molecule has 0 unspecified atom stereocenters. The molecule has 0 aliphatic carbocycles. The van der Waals surface area contributed by atoms with Crippen LogP contribution in [0, 0.1) is 6.92 Å². The second kappa shape index (κ2) is 5.54. The molecule has 0 atom stereocenters. The van der Waals surface area contributed by atoms with Crippen molar-refractivity contribution in [2.45, 2.75) is 6.92 Å². The van der Waals surface area contributed by atoms with Gasteiger partial charge in [-0.2, -0.15) is 0 Å². The predicted octanol–water partition coefficient (Wildman–Crippen LogP) is 4.18. The Bertz CT molecular complexity index is 810. The summed E-state index contributed by atoms with van der Waals surface area (Å²) in [6.07, 6.45) is 0. The molecule has 5 heteroatoms. The van der Waals surface area contributed by atoms with E-state index in [0.717, 1.165) is 15.2 Å². The topological polar surface area (TPSA) is 48.4 Å². The third-order valence-corrected chi connectivity index (χ3v) is 3.94. The first-order chi connectivity index (χ1) is 10.2. The molecule has 0 aliphatic heterocycles. The van der Waals surface area contributed by atoms with Crippen LogP contribution in [0.15, 0.2) is 42.5 Å². The number of esters is 1. The van der Waals surface area contributed by atoms with Crippen molar-refractivity contribution in [3.63, 3.8) is 0 Å². The number of aromatic nitrogens is 1. The Hall–Kier alpha value is -2.40. The van der Waals surface area contributed by atoms with E-state index in [-0.39, 0.29) is 0 Å². The minimum Gasteiger partial charge on any atom is -0.465 e. The highest BCUT2D eigenvalue weighted by Crippen LogP contribution is 2.30. The first-order valence-electron chi connectivity index (χ1n) is 6.40. The average molecular weight is 299 g/mol. The average Bonchev–Trinajstić information content (AvgIpc) is 2.86. The first-order valence-corrected chi connectivity index (χ1v) is 7.21. The lowest BCUT2D eigenvalue weighted by molar-refractivity contribution is 0.0598. The highest BCUT2D eigenvalue weighted by Gasteiger charge is 2.13. The van der Waals surface area contributed by atoms with E-state index >= 15 is 0 Å². The van der Waals surface area contributed by atoms with Crippen LogP contribution in [0.5, 0.6) is 11.5 Å². The molecule has 1 heterocycles. The van der Waals surface area contributed by atoms with Gasteiger partial charge >= 0.3 is 5.97 Å². The number of hydrogen-bond donors (Lipinski definition) is 0. The summed E-state index contributed by atoms with van der Waals surface area (Å²) in [6.45, 7) is 1.97. The monoisotopic (exact) mass is 299 g/mol. The summed E-state index contributed by atoms with van der Waals surface area (Å²) in [4.78, 5) is 16.2. The highest BCUT2D eigenvalue weighted by atomic mass is 32.1. The smallest absolute Gasteiger partial charge is 0.341 e. The SMILES string of the molecule is COC(=O)c1ccccc1Oc1ccc2sc(C)nc2c1. The fraction of sp³-hybridized carbons (Fsp3) is 0.125. The molecule has 0 amide bonds. The lowest BCUT2D eigenvalue weighted by Crippen LogP contribution is -2.03. The molecular formula is C16H13NO3S. The van der Waals surface area contributed by atoms with E-state index in [4.69, 9.17) is 9.47 Å². The van der Waals surface area contributed by atoms with Gasteiger partial charge in [-0.15, -0.1) is 11.3 Å². The van der Waals surface area contributed by atoms with Gasteiger partial charge in [-0.3, -0.25) is 0 Å². The molecule has 1 aromatic heterocycles. The highest BCUT2D eigenvalue weighted by molar-refractivity contribution is 7.18. The summed E-state index contributed by atoms with van der Waals surface area (Å²) in [5.41, 5.74) is 1.29. The molecule has 3 rings (SSSR count). The van der Waals surface area contributed by atoms with Gasteiger partial charge in [-0.25, -0.2) is 9.78 Å². The number of para-hydroxylation sites is 1. The number of hydrogen-bond acceptors (Lipinski definition) is 5. The number of rotatable bonds is 3. The van der Waals surface area contributed by atoms with Gasteiger partial charge in [0.05, 0.1) is 22.3 Å². The van der Waals surface area contributed by atoms with Gasteiger partial charge in [0.25, 0.3) is 0 Å². The van der Waals surface area contributed by atoms with Gasteiger partial charge in [0, 0.05) is 6.07 Å². The Morgan fingerprint density at radius 3 is 2.81 bits per heavy atom. The van der Waals surface area contributed by atoms with Gasteiger partial charge in [0.1, 0.15) is 17.1 Å². The van der Waals surface area contributed by atoms with Gasteiger partial charge in [-0.05, 0) is 31.2 Å². The third kappa shape index (κ3) is 2.73. The summed E-state index contributed by atoms with van der Waals surface area (Å²) in [7, 11) is 1.35. The Balaban J connectivity index is 1.96. The van der Waals surface area contributed by atoms with Crippen LogP contribution in [0.1, 0.15) is 15.4 Å². The molecule has 0 fully saturated rings. The van der Waals surface area contributed by atoms with Crippen molar-refractivity contribution in [2.75, 3.05) is 7.11 Å². The molecule has 0 aliphatic rings. The number of methoxy groups -OCH3 is 1. The zero-order valence-corrected chi connectivity index (χ0v) is 12.4. The zero-order chi connectivity index (χ0) is 14.8. The lowest BCUT2D eigenvalue weighted by atomic mass is 10.2. The van der Waals surface area contributed by atoms with E-state index < -0.39 is 5.97 Å². The Labute approximate surface area is 126 Å². The molecule has 0 radical (unpaired) electrons. The molecule has 0 spiro atoms. The van der Waals surface area contributed by atoms with Crippen LogP contribution in [-0.4, -0.2) is 18.1 Å². The number of carbonyl (C=O) groups is 1. The van der Waals surface area contributed by atoms with Gasteiger partial charge in [0.15, 0.2) is 0 Å². The molecule has 0 N–H and O–H groups in total. The van der Waals surface area contributed by atoms with E-state index in [1.54, 1.807) is 29.5 Å². The van der Waals surface area contributed by atoms with Crippen LogP contribution in [0.25, 0.3) is 10.2 Å². The molecule has 0 bridgehead atoms. The number of ether oxygens (including phenoxy) is 2. The van der Waals surface area contributed by atoms with Crippen molar-refractivity contribution >= 4 is 27.5 Å². The summed E-state index contributed by atoms with van der Waals surface area (Å²) in [5.74, 6) is 0.691. The standard InChI is InChI=1S/C16H13NO3S/c1-10-17-13-9-11(7-8-15(13)21-10)20-14-6-4-3-5-12(14)16(18)19-2/h3-9H,1-2H3. The van der Waals surface area contributed by atoms with Crippen molar-refractivity contribution < 1.29 is 14.3 Å². The van der Waals surface area contributed by atoms with Crippen molar-refractivity contribution in [3.8, 4) is 11.5 Å². The van der Waals surface area contributed by atoms with Crippen molar-refractivity contribution in [3.05, 3.63) is 53.0 Å². The fourth-order valence-corrected chi connectivity index (χ4v) is 2.85. The minimum atomic E-state index is -0.420. The maximum absolute atomic E-state index is 11.7. The van der Waals surface area contributed by atoms with E-state index in [1.807, 2.05) is 31.2 Å². The second-order valence-corrected chi connectivity index (χ2v) is 5.69. The Kier molecular flexibility index (Phi) is 3.58. The maximum atomic E-state index is 11.7. The molecule has 0 saturated heterocycles.